The summed E-state index contributed by atoms with van der Waals surface area (Å²) in [6.45, 7) is 13.6. The largest absolute Gasteiger partial charge is 0.374 e. The lowest BCUT2D eigenvalue weighted by atomic mass is 9.93. The number of nitrogens with one attached hydrogen (secondary N) is 1. The molecule has 1 aliphatic carbocycles. The zero-order valence-corrected chi connectivity index (χ0v) is 12.5. The third-order valence-electron chi connectivity index (χ3n) is 5.12. The summed E-state index contributed by atoms with van der Waals surface area (Å²) in [6.07, 6.45) is 3.25. The van der Waals surface area contributed by atoms with Crippen LogP contribution in [0.1, 0.15) is 26.7 Å². The van der Waals surface area contributed by atoms with Crippen molar-refractivity contribution in [1.82, 2.24) is 15.1 Å². The SMILES string of the molecule is CCN1CCOC(CN2CCNC(C)(C3CC3)C2)C1. The third kappa shape index (κ3) is 3.30. The summed E-state index contributed by atoms with van der Waals surface area (Å²) in [5.41, 5.74) is 0.358. The molecule has 3 fully saturated rings. The van der Waals surface area contributed by atoms with Crippen LogP contribution in [0.5, 0.6) is 0 Å². The highest BCUT2D eigenvalue weighted by Gasteiger charge is 2.44. The van der Waals surface area contributed by atoms with E-state index in [0.717, 1.165) is 45.2 Å². The van der Waals surface area contributed by atoms with Gasteiger partial charge in [0.2, 0.25) is 0 Å². The lowest BCUT2D eigenvalue weighted by Gasteiger charge is -2.44. The average Bonchev–Trinajstić information content (AvgIpc) is 3.24. The molecule has 0 spiro atoms. The highest BCUT2D eigenvalue weighted by atomic mass is 16.5. The van der Waals surface area contributed by atoms with Crippen LogP contribution < -0.4 is 5.32 Å². The Morgan fingerprint density at radius 1 is 1.26 bits per heavy atom. The van der Waals surface area contributed by atoms with E-state index in [0.29, 0.717) is 11.6 Å². The van der Waals surface area contributed by atoms with Crippen LogP contribution in [-0.4, -0.2) is 73.9 Å². The number of likely N-dealkylation sites (N-methyl/N-ethyl adjacent to an activating group) is 1. The van der Waals surface area contributed by atoms with E-state index in [-0.39, 0.29) is 0 Å². The first kappa shape index (κ1) is 13.8. The van der Waals surface area contributed by atoms with Crippen molar-refractivity contribution in [1.29, 1.82) is 0 Å². The fourth-order valence-corrected chi connectivity index (χ4v) is 3.71. The second kappa shape index (κ2) is 5.68. The minimum absolute atomic E-state index is 0.358. The van der Waals surface area contributed by atoms with Crippen LogP contribution >= 0.6 is 0 Å². The van der Waals surface area contributed by atoms with Crippen molar-refractivity contribution in [2.24, 2.45) is 5.92 Å². The van der Waals surface area contributed by atoms with Crippen molar-refractivity contribution in [3.05, 3.63) is 0 Å². The maximum Gasteiger partial charge on any atom is 0.0829 e. The zero-order chi connectivity index (χ0) is 13.3. The van der Waals surface area contributed by atoms with E-state index in [1.54, 1.807) is 0 Å². The number of rotatable bonds is 4. The van der Waals surface area contributed by atoms with Gasteiger partial charge in [0.15, 0.2) is 0 Å². The van der Waals surface area contributed by atoms with E-state index in [1.165, 1.54) is 25.9 Å². The molecule has 4 nitrogen and oxygen atoms in total. The lowest BCUT2D eigenvalue weighted by molar-refractivity contribution is -0.0482. The highest BCUT2D eigenvalue weighted by Crippen LogP contribution is 2.40. The molecule has 1 N–H and O–H groups in total. The molecule has 1 saturated carbocycles. The summed E-state index contributed by atoms with van der Waals surface area (Å²) < 4.78 is 5.95. The van der Waals surface area contributed by atoms with Crippen molar-refractivity contribution in [2.75, 3.05) is 52.4 Å². The normalized spacial score (nSPS) is 38.5. The molecule has 0 aromatic rings. The van der Waals surface area contributed by atoms with Gasteiger partial charge in [0.1, 0.15) is 0 Å². The first-order chi connectivity index (χ1) is 9.19. The predicted octanol–water partition coefficient (Wildman–Crippen LogP) is 0.781. The Bertz CT molecular complexity index is 308. The Morgan fingerprint density at radius 3 is 2.84 bits per heavy atom. The summed E-state index contributed by atoms with van der Waals surface area (Å²) in [5, 5.41) is 3.75. The van der Waals surface area contributed by atoms with Gasteiger partial charge in [-0.05, 0) is 32.2 Å². The van der Waals surface area contributed by atoms with Gasteiger partial charge in [0.05, 0.1) is 12.7 Å². The lowest BCUT2D eigenvalue weighted by Crippen LogP contribution is -2.61. The summed E-state index contributed by atoms with van der Waals surface area (Å²) in [6, 6.07) is 0. The van der Waals surface area contributed by atoms with Crippen molar-refractivity contribution >= 4 is 0 Å². The van der Waals surface area contributed by atoms with E-state index in [9.17, 15) is 0 Å². The third-order valence-corrected chi connectivity index (χ3v) is 5.12. The van der Waals surface area contributed by atoms with Gasteiger partial charge in [-0.15, -0.1) is 0 Å². The molecular formula is C15H29N3O. The summed E-state index contributed by atoms with van der Waals surface area (Å²) in [7, 11) is 0. The number of ether oxygens (including phenoxy) is 1. The quantitative estimate of drug-likeness (QED) is 0.815. The summed E-state index contributed by atoms with van der Waals surface area (Å²) >= 11 is 0. The Balaban J connectivity index is 1.51. The van der Waals surface area contributed by atoms with Gasteiger partial charge in [-0.25, -0.2) is 0 Å². The summed E-state index contributed by atoms with van der Waals surface area (Å²) in [4.78, 5) is 5.13. The standard InChI is InChI=1S/C15H29N3O/c1-3-17-8-9-19-14(10-17)11-18-7-6-16-15(2,12-18)13-4-5-13/h13-14,16H,3-12H2,1-2H3. The Labute approximate surface area is 117 Å². The molecule has 0 amide bonds. The molecule has 0 radical (unpaired) electrons. The van der Waals surface area contributed by atoms with Gasteiger partial charge in [-0.1, -0.05) is 6.92 Å². The number of nitrogens with zero attached hydrogens (tertiary/aromatic N) is 2. The Morgan fingerprint density at radius 2 is 2.11 bits per heavy atom. The molecule has 3 aliphatic rings. The molecule has 2 heterocycles. The molecule has 2 aliphatic heterocycles. The van der Waals surface area contributed by atoms with Gasteiger partial charge in [-0.2, -0.15) is 0 Å². The molecule has 2 atom stereocenters. The first-order valence-electron chi connectivity index (χ1n) is 8.01. The van der Waals surface area contributed by atoms with Gasteiger partial charge in [-0.3, -0.25) is 9.80 Å². The van der Waals surface area contributed by atoms with Crippen LogP contribution in [-0.2, 0) is 4.74 Å². The van der Waals surface area contributed by atoms with E-state index in [4.69, 9.17) is 4.74 Å². The van der Waals surface area contributed by atoms with Crippen LogP contribution in [0.2, 0.25) is 0 Å². The Kier molecular flexibility index (Phi) is 4.13. The molecule has 4 heteroatoms. The molecule has 2 unspecified atom stereocenters. The fourth-order valence-electron chi connectivity index (χ4n) is 3.71. The van der Waals surface area contributed by atoms with Crippen molar-refractivity contribution in [3.63, 3.8) is 0 Å². The minimum atomic E-state index is 0.358. The highest BCUT2D eigenvalue weighted by molar-refractivity contribution is 5.02. The molecule has 2 saturated heterocycles. The smallest absolute Gasteiger partial charge is 0.0829 e. The second-order valence-electron chi connectivity index (χ2n) is 6.74. The van der Waals surface area contributed by atoms with Gasteiger partial charge < -0.3 is 10.1 Å². The monoisotopic (exact) mass is 267 g/mol. The number of hydrogen-bond donors (Lipinski definition) is 1. The van der Waals surface area contributed by atoms with Gasteiger partial charge >= 0.3 is 0 Å². The van der Waals surface area contributed by atoms with E-state index < -0.39 is 0 Å². The molecule has 0 bridgehead atoms. The molecule has 3 rings (SSSR count). The topological polar surface area (TPSA) is 27.7 Å². The number of hydrogen-bond acceptors (Lipinski definition) is 4. The molecular weight excluding hydrogens is 238 g/mol. The Hall–Kier alpha value is -0.160. The van der Waals surface area contributed by atoms with Crippen LogP contribution in [0.25, 0.3) is 0 Å². The van der Waals surface area contributed by atoms with E-state index in [1.807, 2.05) is 0 Å². The fraction of sp³-hybridized carbons (Fsp3) is 1.00. The number of morpholine rings is 1. The second-order valence-corrected chi connectivity index (χ2v) is 6.74. The van der Waals surface area contributed by atoms with Crippen LogP contribution in [0.3, 0.4) is 0 Å². The first-order valence-corrected chi connectivity index (χ1v) is 8.01. The van der Waals surface area contributed by atoms with E-state index >= 15 is 0 Å². The molecule has 19 heavy (non-hydrogen) atoms. The van der Waals surface area contributed by atoms with Gasteiger partial charge in [0.25, 0.3) is 0 Å². The summed E-state index contributed by atoms with van der Waals surface area (Å²) in [5.74, 6) is 0.912. The maximum absolute atomic E-state index is 5.95. The van der Waals surface area contributed by atoms with E-state index in [2.05, 4.69) is 29.0 Å². The van der Waals surface area contributed by atoms with Crippen molar-refractivity contribution in [2.45, 2.75) is 38.3 Å². The average molecular weight is 267 g/mol. The van der Waals surface area contributed by atoms with Crippen LogP contribution in [0, 0.1) is 5.92 Å². The van der Waals surface area contributed by atoms with Gasteiger partial charge in [0, 0.05) is 44.8 Å². The molecule has 0 aromatic heterocycles. The minimum Gasteiger partial charge on any atom is -0.374 e. The maximum atomic E-state index is 5.95. The van der Waals surface area contributed by atoms with Crippen LogP contribution in [0.4, 0.5) is 0 Å². The molecule has 110 valence electrons. The van der Waals surface area contributed by atoms with Crippen LogP contribution in [0.15, 0.2) is 0 Å². The van der Waals surface area contributed by atoms with Crippen molar-refractivity contribution in [3.8, 4) is 0 Å². The number of piperazine rings is 1. The zero-order valence-electron chi connectivity index (χ0n) is 12.5. The van der Waals surface area contributed by atoms with Crippen molar-refractivity contribution < 1.29 is 4.74 Å². The predicted molar refractivity (Wildman–Crippen MR) is 77.4 cm³/mol. The molecule has 0 aromatic carbocycles.